The van der Waals surface area contributed by atoms with Crippen molar-refractivity contribution >= 4 is 17.3 Å². The molecule has 0 atom stereocenters. The van der Waals surface area contributed by atoms with Crippen LogP contribution in [0.5, 0.6) is 0 Å². The Balaban J connectivity index is 1.31. The molecule has 2 heterocycles. The minimum atomic E-state index is 0.307. The second kappa shape index (κ2) is 10.0. The first kappa shape index (κ1) is 19.4. The molecule has 6 nitrogen and oxygen atoms in total. The van der Waals surface area contributed by atoms with E-state index in [0.29, 0.717) is 19.3 Å². The first-order valence-electron chi connectivity index (χ1n) is 10.0. The summed E-state index contributed by atoms with van der Waals surface area (Å²) in [5.74, 6) is 1.54. The largest absolute Gasteiger partial charge is 0.381 e. The maximum absolute atomic E-state index is 6.03. The second-order valence-corrected chi connectivity index (χ2v) is 7.08. The highest BCUT2D eigenvalue weighted by atomic mass is 16.5. The average Bonchev–Trinajstić information content (AvgIpc) is 2.78. The van der Waals surface area contributed by atoms with Gasteiger partial charge in [-0.2, -0.15) is 0 Å². The minimum Gasteiger partial charge on any atom is -0.381 e. The highest BCUT2D eigenvalue weighted by Gasteiger charge is 2.14. The number of hydrogen-bond acceptors (Lipinski definition) is 6. The molecule has 150 valence electrons. The van der Waals surface area contributed by atoms with Crippen LogP contribution in [0, 0.1) is 0 Å². The molecule has 2 N–H and O–H groups in total. The van der Waals surface area contributed by atoms with E-state index in [1.54, 1.807) is 6.33 Å². The number of anilines is 3. The molecule has 0 saturated carbocycles. The maximum Gasteiger partial charge on any atom is 0.135 e. The highest BCUT2D eigenvalue weighted by Crippen LogP contribution is 2.17. The zero-order chi connectivity index (χ0) is 19.7. The summed E-state index contributed by atoms with van der Waals surface area (Å²) in [5.41, 5.74) is 3.37. The van der Waals surface area contributed by atoms with Crippen LogP contribution in [-0.4, -0.2) is 29.3 Å². The number of rotatable bonds is 8. The van der Waals surface area contributed by atoms with E-state index in [-0.39, 0.29) is 0 Å². The SMILES string of the molecule is c1ccc(Nc2cc(NCc3cccc(COC4CCOCC4)c3)ncn2)cc1. The summed E-state index contributed by atoms with van der Waals surface area (Å²) in [7, 11) is 0. The second-order valence-electron chi connectivity index (χ2n) is 7.08. The third-order valence-electron chi connectivity index (χ3n) is 4.83. The normalized spacial score (nSPS) is 14.5. The van der Waals surface area contributed by atoms with Crippen molar-refractivity contribution in [1.82, 2.24) is 9.97 Å². The summed E-state index contributed by atoms with van der Waals surface area (Å²) in [6.07, 6.45) is 3.83. The molecule has 3 aromatic rings. The molecule has 0 amide bonds. The lowest BCUT2D eigenvalue weighted by atomic mass is 10.1. The van der Waals surface area contributed by atoms with E-state index >= 15 is 0 Å². The van der Waals surface area contributed by atoms with Gasteiger partial charge in [-0.25, -0.2) is 9.97 Å². The number of aromatic nitrogens is 2. The molecule has 1 aliphatic rings. The number of hydrogen-bond donors (Lipinski definition) is 2. The van der Waals surface area contributed by atoms with Gasteiger partial charge in [-0.3, -0.25) is 0 Å². The van der Waals surface area contributed by atoms with Crippen LogP contribution in [0.2, 0.25) is 0 Å². The minimum absolute atomic E-state index is 0.307. The van der Waals surface area contributed by atoms with E-state index in [1.807, 2.05) is 36.4 Å². The van der Waals surface area contributed by atoms with Gasteiger partial charge < -0.3 is 20.1 Å². The third kappa shape index (κ3) is 6.01. The lowest BCUT2D eigenvalue weighted by Gasteiger charge is -2.22. The van der Waals surface area contributed by atoms with E-state index in [9.17, 15) is 0 Å². The third-order valence-corrected chi connectivity index (χ3v) is 4.83. The number of ether oxygens (including phenoxy) is 2. The molecule has 0 bridgehead atoms. The van der Waals surface area contributed by atoms with E-state index in [4.69, 9.17) is 9.47 Å². The summed E-state index contributed by atoms with van der Waals surface area (Å²) in [5, 5.41) is 6.65. The topological polar surface area (TPSA) is 68.3 Å². The Hall–Kier alpha value is -2.96. The average molecular weight is 390 g/mol. The van der Waals surface area contributed by atoms with Gasteiger partial charge in [-0.05, 0) is 36.1 Å². The van der Waals surface area contributed by atoms with Gasteiger partial charge >= 0.3 is 0 Å². The van der Waals surface area contributed by atoms with Gasteiger partial charge in [0.25, 0.3) is 0 Å². The molecule has 0 radical (unpaired) electrons. The standard InChI is InChI=1S/C23H26N4O2/c1-2-7-20(8-3-1)27-23-14-22(25-17-26-23)24-15-18-5-4-6-19(13-18)16-29-21-9-11-28-12-10-21/h1-8,13-14,17,21H,9-12,15-16H2,(H2,24,25,26,27). The molecular formula is C23H26N4O2. The van der Waals surface area contributed by atoms with Crippen LogP contribution in [0.25, 0.3) is 0 Å². The summed E-state index contributed by atoms with van der Waals surface area (Å²) >= 11 is 0. The zero-order valence-electron chi connectivity index (χ0n) is 16.4. The van der Waals surface area contributed by atoms with Crippen molar-refractivity contribution in [1.29, 1.82) is 0 Å². The highest BCUT2D eigenvalue weighted by molar-refractivity contribution is 5.58. The molecule has 2 aromatic carbocycles. The van der Waals surface area contributed by atoms with Crippen molar-refractivity contribution in [2.45, 2.75) is 32.1 Å². The van der Waals surface area contributed by atoms with Crippen molar-refractivity contribution in [3.05, 3.63) is 78.1 Å². The van der Waals surface area contributed by atoms with Crippen LogP contribution in [0.1, 0.15) is 24.0 Å². The van der Waals surface area contributed by atoms with Crippen LogP contribution in [0.4, 0.5) is 17.3 Å². The van der Waals surface area contributed by atoms with Gasteiger partial charge in [-0.1, -0.05) is 42.5 Å². The molecule has 1 aliphatic heterocycles. The number of para-hydroxylation sites is 1. The van der Waals surface area contributed by atoms with Crippen LogP contribution in [0.15, 0.2) is 67.0 Å². The summed E-state index contributed by atoms with van der Waals surface area (Å²) in [4.78, 5) is 8.60. The van der Waals surface area contributed by atoms with Crippen molar-refractivity contribution < 1.29 is 9.47 Å². The number of nitrogens with zero attached hydrogens (tertiary/aromatic N) is 2. The van der Waals surface area contributed by atoms with Crippen molar-refractivity contribution in [3.63, 3.8) is 0 Å². The van der Waals surface area contributed by atoms with Crippen molar-refractivity contribution in [3.8, 4) is 0 Å². The molecule has 0 unspecified atom stereocenters. The Morgan fingerprint density at radius 2 is 1.69 bits per heavy atom. The maximum atomic E-state index is 6.03. The summed E-state index contributed by atoms with van der Waals surface area (Å²) < 4.78 is 11.4. The van der Waals surface area contributed by atoms with Gasteiger partial charge in [0.1, 0.15) is 18.0 Å². The van der Waals surface area contributed by atoms with Gasteiger partial charge in [0, 0.05) is 31.5 Å². The van der Waals surface area contributed by atoms with Crippen LogP contribution in [-0.2, 0) is 22.6 Å². The molecule has 1 aromatic heterocycles. The smallest absolute Gasteiger partial charge is 0.135 e. The fourth-order valence-electron chi connectivity index (χ4n) is 3.27. The zero-order valence-corrected chi connectivity index (χ0v) is 16.4. The van der Waals surface area contributed by atoms with Crippen molar-refractivity contribution in [2.24, 2.45) is 0 Å². The fraction of sp³-hybridized carbons (Fsp3) is 0.304. The van der Waals surface area contributed by atoms with E-state index in [0.717, 1.165) is 43.4 Å². The van der Waals surface area contributed by atoms with Crippen LogP contribution in [0.3, 0.4) is 0 Å². The summed E-state index contributed by atoms with van der Waals surface area (Å²) in [6.45, 7) is 2.92. The van der Waals surface area contributed by atoms with Gasteiger partial charge in [0.2, 0.25) is 0 Å². The van der Waals surface area contributed by atoms with Gasteiger partial charge in [-0.15, -0.1) is 0 Å². The Kier molecular flexibility index (Phi) is 6.68. The van der Waals surface area contributed by atoms with Crippen molar-refractivity contribution in [2.75, 3.05) is 23.8 Å². The fourth-order valence-corrected chi connectivity index (χ4v) is 3.27. The monoisotopic (exact) mass is 390 g/mol. The van der Waals surface area contributed by atoms with Gasteiger partial charge in [0.15, 0.2) is 0 Å². The quantitative estimate of drug-likeness (QED) is 0.589. The van der Waals surface area contributed by atoms with E-state index in [1.165, 1.54) is 11.1 Å². The number of nitrogens with one attached hydrogen (secondary N) is 2. The lowest BCUT2D eigenvalue weighted by Crippen LogP contribution is -2.23. The van der Waals surface area contributed by atoms with Crippen LogP contribution < -0.4 is 10.6 Å². The molecule has 4 rings (SSSR count). The molecule has 1 saturated heterocycles. The van der Waals surface area contributed by atoms with E-state index < -0.39 is 0 Å². The van der Waals surface area contributed by atoms with Gasteiger partial charge in [0.05, 0.1) is 12.7 Å². The molecule has 0 spiro atoms. The first-order chi connectivity index (χ1) is 14.3. The Morgan fingerprint density at radius 3 is 2.55 bits per heavy atom. The predicted molar refractivity (Wildman–Crippen MR) is 114 cm³/mol. The Morgan fingerprint density at radius 1 is 0.897 bits per heavy atom. The Bertz CT molecular complexity index is 898. The Labute approximate surface area is 171 Å². The molecule has 1 fully saturated rings. The summed E-state index contributed by atoms with van der Waals surface area (Å²) in [6, 6.07) is 20.3. The van der Waals surface area contributed by atoms with E-state index in [2.05, 4.69) is 44.9 Å². The first-order valence-corrected chi connectivity index (χ1v) is 10.0. The van der Waals surface area contributed by atoms with Crippen LogP contribution >= 0.6 is 0 Å². The molecular weight excluding hydrogens is 364 g/mol. The molecule has 29 heavy (non-hydrogen) atoms. The number of benzene rings is 2. The molecule has 0 aliphatic carbocycles. The molecule has 6 heteroatoms. The predicted octanol–water partition coefficient (Wildman–Crippen LogP) is 4.53. The lowest BCUT2D eigenvalue weighted by molar-refractivity contribution is -0.0390.